The van der Waals surface area contributed by atoms with E-state index in [-0.39, 0.29) is 36.3 Å². The molecule has 2 unspecified atom stereocenters. The normalized spacial score (nSPS) is 20.4. The summed E-state index contributed by atoms with van der Waals surface area (Å²) in [5.74, 6) is 0.455. The summed E-state index contributed by atoms with van der Waals surface area (Å²) >= 11 is 0. The molecule has 2 atom stereocenters. The summed E-state index contributed by atoms with van der Waals surface area (Å²) < 4.78 is 1.50. The molecule has 1 saturated heterocycles. The standard InChI is InChI=1S/C17H22N4O2.ClH/c1-12-6-8-18-10-15(12)20-16(22)7-9-21-11-19-14-5-3-2-4-13(14)17(21)23;/h2-5,11-12,15,18H,6-10H2,1H3,(H,20,22);1H. The Labute approximate surface area is 147 Å². The summed E-state index contributed by atoms with van der Waals surface area (Å²) in [5, 5.41) is 6.94. The number of carbonyl (C=O) groups excluding carboxylic acids is 1. The molecule has 2 N–H and O–H groups in total. The van der Waals surface area contributed by atoms with Gasteiger partial charge in [0.15, 0.2) is 0 Å². The number of benzene rings is 1. The van der Waals surface area contributed by atoms with Crippen molar-refractivity contribution in [3.63, 3.8) is 0 Å². The monoisotopic (exact) mass is 350 g/mol. The van der Waals surface area contributed by atoms with E-state index in [9.17, 15) is 9.59 Å². The van der Waals surface area contributed by atoms with Gasteiger partial charge in [-0.3, -0.25) is 14.2 Å². The predicted octanol–water partition coefficient (Wildman–Crippen LogP) is 1.32. The van der Waals surface area contributed by atoms with Crippen LogP contribution in [0, 0.1) is 5.92 Å². The summed E-state index contributed by atoms with van der Waals surface area (Å²) in [6.07, 6.45) is 2.87. The Hall–Kier alpha value is -1.92. The van der Waals surface area contributed by atoms with Gasteiger partial charge in [0.25, 0.3) is 5.56 Å². The zero-order valence-electron chi connectivity index (χ0n) is 13.7. The Kier molecular flexibility index (Phi) is 6.34. The summed E-state index contributed by atoms with van der Waals surface area (Å²) in [5.41, 5.74) is 0.580. The van der Waals surface area contributed by atoms with Crippen LogP contribution in [0.4, 0.5) is 0 Å². The lowest BCUT2D eigenvalue weighted by atomic mass is 9.95. The molecule has 130 valence electrons. The fourth-order valence-electron chi connectivity index (χ4n) is 2.95. The second kappa shape index (κ2) is 8.26. The van der Waals surface area contributed by atoms with E-state index in [1.165, 1.54) is 10.9 Å². The van der Waals surface area contributed by atoms with Crippen LogP contribution >= 0.6 is 12.4 Å². The van der Waals surface area contributed by atoms with Crippen molar-refractivity contribution >= 4 is 29.2 Å². The summed E-state index contributed by atoms with van der Waals surface area (Å²) in [7, 11) is 0. The van der Waals surface area contributed by atoms with Crippen LogP contribution in [0.1, 0.15) is 19.8 Å². The van der Waals surface area contributed by atoms with Crippen molar-refractivity contribution < 1.29 is 4.79 Å². The molecule has 1 aliphatic rings. The molecule has 1 aromatic heterocycles. The minimum absolute atomic E-state index is 0. The highest BCUT2D eigenvalue weighted by Gasteiger charge is 2.22. The minimum atomic E-state index is -0.101. The molecule has 1 aromatic carbocycles. The van der Waals surface area contributed by atoms with E-state index < -0.39 is 0 Å². The van der Waals surface area contributed by atoms with E-state index >= 15 is 0 Å². The van der Waals surface area contributed by atoms with E-state index in [2.05, 4.69) is 22.5 Å². The number of piperidine rings is 1. The van der Waals surface area contributed by atoms with Crippen molar-refractivity contribution in [2.75, 3.05) is 13.1 Å². The van der Waals surface area contributed by atoms with Gasteiger partial charge in [0.2, 0.25) is 5.91 Å². The number of hydrogen-bond donors (Lipinski definition) is 2. The Morgan fingerprint density at radius 2 is 2.21 bits per heavy atom. The van der Waals surface area contributed by atoms with Crippen LogP contribution in [0.25, 0.3) is 10.9 Å². The number of aromatic nitrogens is 2. The topological polar surface area (TPSA) is 76.0 Å². The first kappa shape index (κ1) is 18.4. The van der Waals surface area contributed by atoms with Gasteiger partial charge in [-0.1, -0.05) is 19.1 Å². The van der Waals surface area contributed by atoms with Gasteiger partial charge in [-0.2, -0.15) is 0 Å². The number of para-hydroxylation sites is 1. The first-order chi connectivity index (χ1) is 11.1. The molecule has 0 radical (unpaired) electrons. The van der Waals surface area contributed by atoms with Crippen molar-refractivity contribution in [1.82, 2.24) is 20.2 Å². The molecule has 3 rings (SSSR count). The number of amides is 1. The second-order valence-corrected chi connectivity index (χ2v) is 6.15. The number of aryl methyl sites for hydroxylation is 1. The predicted molar refractivity (Wildman–Crippen MR) is 96.4 cm³/mol. The van der Waals surface area contributed by atoms with Gasteiger partial charge < -0.3 is 10.6 Å². The Bertz CT molecular complexity index is 762. The van der Waals surface area contributed by atoms with E-state index in [0.29, 0.717) is 23.4 Å². The van der Waals surface area contributed by atoms with Crippen molar-refractivity contribution in [1.29, 1.82) is 0 Å². The highest BCUT2D eigenvalue weighted by atomic mass is 35.5. The maximum atomic E-state index is 12.4. The Morgan fingerprint density at radius 3 is 3.00 bits per heavy atom. The number of hydrogen-bond acceptors (Lipinski definition) is 4. The second-order valence-electron chi connectivity index (χ2n) is 6.15. The van der Waals surface area contributed by atoms with E-state index in [0.717, 1.165) is 19.5 Å². The maximum Gasteiger partial charge on any atom is 0.261 e. The molecule has 6 nitrogen and oxygen atoms in total. The number of carbonyl (C=O) groups is 1. The van der Waals surface area contributed by atoms with Crippen LogP contribution in [0.3, 0.4) is 0 Å². The SMILES string of the molecule is CC1CCNCC1NC(=O)CCn1cnc2ccccc2c1=O.Cl. The summed E-state index contributed by atoms with van der Waals surface area (Å²) in [6, 6.07) is 7.41. The fraction of sp³-hybridized carbons (Fsp3) is 0.471. The van der Waals surface area contributed by atoms with Crippen molar-refractivity contribution in [3.8, 4) is 0 Å². The molecule has 2 heterocycles. The van der Waals surface area contributed by atoms with Gasteiger partial charge in [-0.15, -0.1) is 12.4 Å². The lowest BCUT2D eigenvalue weighted by molar-refractivity contribution is -0.122. The molecule has 24 heavy (non-hydrogen) atoms. The van der Waals surface area contributed by atoms with Crippen molar-refractivity contribution in [3.05, 3.63) is 40.9 Å². The first-order valence-corrected chi connectivity index (χ1v) is 8.09. The molecule has 1 fully saturated rings. The number of fused-ring (bicyclic) bond motifs is 1. The van der Waals surface area contributed by atoms with E-state index in [1.807, 2.05) is 18.2 Å². The minimum Gasteiger partial charge on any atom is -0.352 e. The van der Waals surface area contributed by atoms with Crippen LogP contribution in [0.15, 0.2) is 35.4 Å². The Balaban J connectivity index is 0.00000208. The largest absolute Gasteiger partial charge is 0.352 e. The molecule has 7 heteroatoms. The summed E-state index contributed by atoms with van der Waals surface area (Å²) in [4.78, 5) is 28.8. The molecule has 0 saturated carbocycles. The molecule has 1 amide bonds. The molecule has 0 bridgehead atoms. The molecule has 0 aliphatic carbocycles. The highest BCUT2D eigenvalue weighted by Crippen LogP contribution is 2.11. The van der Waals surface area contributed by atoms with Crippen LogP contribution in [0.5, 0.6) is 0 Å². The zero-order valence-corrected chi connectivity index (χ0v) is 14.5. The number of halogens is 1. The molecular weight excluding hydrogens is 328 g/mol. The van der Waals surface area contributed by atoms with Crippen molar-refractivity contribution in [2.45, 2.75) is 32.4 Å². The lowest BCUT2D eigenvalue weighted by Crippen LogP contribution is -2.50. The molecular formula is C17H23ClN4O2. The number of rotatable bonds is 4. The fourth-order valence-corrected chi connectivity index (χ4v) is 2.95. The third-order valence-corrected chi connectivity index (χ3v) is 4.49. The average Bonchev–Trinajstić information content (AvgIpc) is 2.57. The van der Waals surface area contributed by atoms with Crippen LogP contribution in [-0.2, 0) is 11.3 Å². The van der Waals surface area contributed by atoms with E-state index in [4.69, 9.17) is 0 Å². The van der Waals surface area contributed by atoms with Crippen LogP contribution in [0.2, 0.25) is 0 Å². The van der Waals surface area contributed by atoms with Crippen LogP contribution < -0.4 is 16.2 Å². The lowest BCUT2D eigenvalue weighted by Gasteiger charge is -2.30. The highest BCUT2D eigenvalue weighted by molar-refractivity contribution is 5.85. The molecule has 2 aromatic rings. The van der Waals surface area contributed by atoms with E-state index in [1.54, 1.807) is 6.07 Å². The molecule has 1 aliphatic heterocycles. The maximum absolute atomic E-state index is 12.4. The quantitative estimate of drug-likeness (QED) is 0.872. The zero-order chi connectivity index (χ0) is 16.2. The number of nitrogens with one attached hydrogen (secondary N) is 2. The third-order valence-electron chi connectivity index (χ3n) is 4.49. The third kappa shape index (κ3) is 4.13. The van der Waals surface area contributed by atoms with Gasteiger partial charge in [-0.05, 0) is 31.0 Å². The van der Waals surface area contributed by atoms with Crippen molar-refractivity contribution in [2.24, 2.45) is 5.92 Å². The number of nitrogens with zero attached hydrogens (tertiary/aromatic N) is 2. The van der Waals surface area contributed by atoms with Crippen LogP contribution in [-0.4, -0.2) is 34.6 Å². The summed E-state index contributed by atoms with van der Waals surface area (Å²) in [6.45, 7) is 4.32. The Morgan fingerprint density at radius 1 is 1.42 bits per heavy atom. The van der Waals surface area contributed by atoms with Gasteiger partial charge in [-0.25, -0.2) is 4.98 Å². The molecule has 0 spiro atoms. The van der Waals surface area contributed by atoms with Gasteiger partial charge >= 0.3 is 0 Å². The average molecular weight is 351 g/mol. The first-order valence-electron chi connectivity index (χ1n) is 8.09. The van der Waals surface area contributed by atoms with Gasteiger partial charge in [0.05, 0.1) is 17.2 Å². The van der Waals surface area contributed by atoms with Gasteiger partial charge in [0.1, 0.15) is 0 Å². The van der Waals surface area contributed by atoms with Gasteiger partial charge in [0, 0.05) is 25.6 Å². The smallest absolute Gasteiger partial charge is 0.261 e.